The van der Waals surface area contributed by atoms with Crippen LogP contribution >= 0.6 is 11.6 Å². The number of hydrogen-bond acceptors (Lipinski definition) is 4. The molecule has 3 rings (SSSR count). The normalized spacial score (nSPS) is 18.7. The Morgan fingerprint density at radius 3 is 2.55 bits per heavy atom. The van der Waals surface area contributed by atoms with E-state index in [1.54, 1.807) is 0 Å². The number of hydrogen-bond donors (Lipinski definition) is 0. The fraction of sp³-hybridized carbons (Fsp3) is 0.538. The van der Waals surface area contributed by atoms with Gasteiger partial charge in [-0.15, -0.1) is 0 Å². The van der Waals surface area contributed by atoms with Crippen LogP contribution in [0, 0.1) is 0 Å². The third kappa shape index (κ3) is 2.41. The van der Waals surface area contributed by atoms with E-state index in [4.69, 9.17) is 11.6 Å². The lowest BCUT2D eigenvalue weighted by Gasteiger charge is -2.30. The maximum Gasteiger partial charge on any atom is 0.318 e. The lowest BCUT2D eigenvalue weighted by atomic mass is 9.92. The number of halogens is 3. The molecule has 0 unspecified atom stereocenters. The van der Waals surface area contributed by atoms with E-state index >= 15 is 0 Å². The van der Waals surface area contributed by atoms with E-state index in [9.17, 15) is 18.4 Å². The predicted molar refractivity (Wildman–Crippen MR) is 76.5 cm³/mol. The van der Waals surface area contributed by atoms with E-state index in [0.29, 0.717) is 5.52 Å². The van der Waals surface area contributed by atoms with Crippen LogP contribution in [-0.2, 0) is 7.05 Å². The smallest absolute Gasteiger partial charge is 0.303 e. The molecule has 0 N–H and O–H groups in total. The van der Waals surface area contributed by atoms with Gasteiger partial charge in [-0.05, 0) is 24.4 Å². The molecule has 9 heteroatoms. The molecule has 2 aromatic rings. The summed E-state index contributed by atoms with van der Waals surface area (Å²) in [5, 5.41) is -0.0690. The second-order valence-corrected chi connectivity index (χ2v) is 5.81. The van der Waals surface area contributed by atoms with Crippen molar-refractivity contribution in [2.24, 2.45) is 7.05 Å². The number of rotatable bonds is 1. The molecule has 0 bridgehead atoms. The maximum absolute atomic E-state index is 13.3. The number of aryl methyl sites for hydroxylation is 1. The second-order valence-electron chi connectivity index (χ2n) is 5.47. The third-order valence-electron chi connectivity index (χ3n) is 4.07. The van der Waals surface area contributed by atoms with Crippen LogP contribution in [0.2, 0.25) is 5.28 Å². The summed E-state index contributed by atoms with van der Waals surface area (Å²) in [6, 6.07) is -0.491. The molecule has 0 saturated heterocycles. The van der Waals surface area contributed by atoms with Gasteiger partial charge in [-0.1, -0.05) is 0 Å². The van der Waals surface area contributed by atoms with E-state index in [-0.39, 0.29) is 36.6 Å². The van der Waals surface area contributed by atoms with E-state index in [1.807, 2.05) is 0 Å². The first-order chi connectivity index (χ1) is 10.3. The van der Waals surface area contributed by atoms with E-state index < -0.39 is 23.1 Å². The highest BCUT2D eigenvalue weighted by molar-refractivity contribution is 6.28. The zero-order valence-corrected chi connectivity index (χ0v) is 12.5. The topological polar surface area (TPSA) is 69.8 Å². The molecule has 0 radical (unpaired) electrons. The van der Waals surface area contributed by atoms with E-state index in [1.165, 1.54) is 17.8 Å². The molecule has 1 saturated carbocycles. The Morgan fingerprint density at radius 2 is 1.91 bits per heavy atom. The lowest BCUT2D eigenvalue weighted by Crippen LogP contribution is -2.43. The maximum atomic E-state index is 13.3. The number of nitrogens with zero attached hydrogens (tertiary/aromatic N) is 4. The number of fused-ring (bicyclic) bond motifs is 1. The van der Waals surface area contributed by atoms with E-state index in [2.05, 4.69) is 9.97 Å². The van der Waals surface area contributed by atoms with Gasteiger partial charge in [-0.2, -0.15) is 4.98 Å². The van der Waals surface area contributed by atoms with Crippen LogP contribution in [0.1, 0.15) is 31.7 Å². The van der Waals surface area contributed by atoms with Gasteiger partial charge in [0.15, 0.2) is 5.65 Å². The molecule has 1 fully saturated rings. The average Bonchev–Trinajstić information content (AvgIpc) is 2.46. The molecule has 0 aromatic carbocycles. The first-order valence-electron chi connectivity index (χ1n) is 6.82. The Balaban J connectivity index is 2.23. The second kappa shape index (κ2) is 5.12. The number of aromatic nitrogens is 4. The summed E-state index contributed by atoms with van der Waals surface area (Å²) >= 11 is 5.77. The molecule has 6 nitrogen and oxygen atoms in total. The van der Waals surface area contributed by atoms with Gasteiger partial charge in [0, 0.05) is 25.9 Å². The minimum atomic E-state index is -2.72. The summed E-state index contributed by atoms with van der Waals surface area (Å²) < 4.78 is 29.0. The zero-order valence-electron chi connectivity index (χ0n) is 11.7. The van der Waals surface area contributed by atoms with Crippen molar-refractivity contribution in [1.82, 2.24) is 19.1 Å². The third-order valence-corrected chi connectivity index (χ3v) is 4.25. The fourth-order valence-electron chi connectivity index (χ4n) is 2.83. The minimum Gasteiger partial charge on any atom is -0.303 e. The summed E-state index contributed by atoms with van der Waals surface area (Å²) in [6.45, 7) is 0. The predicted octanol–water partition coefficient (Wildman–Crippen LogP) is 1.89. The van der Waals surface area contributed by atoms with Crippen LogP contribution in [0.3, 0.4) is 0 Å². The highest BCUT2D eigenvalue weighted by Crippen LogP contribution is 2.38. The molecule has 0 amide bonds. The van der Waals surface area contributed by atoms with Crippen LogP contribution in [0.25, 0.3) is 11.2 Å². The Labute approximate surface area is 128 Å². The average molecular weight is 331 g/mol. The van der Waals surface area contributed by atoms with Crippen molar-refractivity contribution in [3.8, 4) is 0 Å². The van der Waals surface area contributed by atoms with Gasteiger partial charge in [0.2, 0.25) is 11.2 Å². The van der Waals surface area contributed by atoms with Gasteiger partial charge in [0.1, 0.15) is 5.52 Å². The molecular weight excluding hydrogens is 318 g/mol. The molecule has 22 heavy (non-hydrogen) atoms. The minimum absolute atomic E-state index is 0.0690. The molecule has 0 atom stereocenters. The molecule has 0 aliphatic heterocycles. The summed E-state index contributed by atoms with van der Waals surface area (Å²) in [4.78, 5) is 32.2. The monoisotopic (exact) mass is 330 g/mol. The van der Waals surface area contributed by atoms with Crippen molar-refractivity contribution in [3.63, 3.8) is 0 Å². The van der Waals surface area contributed by atoms with Gasteiger partial charge in [-0.3, -0.25) is 14.2 Å². The van der Waals surface area contributed by atoms with Crippen molar-refractivity contribution in [1.29, 1.82) is 0 Å². The lowest BCUT2D eigenvalue weighted by molar-refractivity contribution is -0.0439. The van der Waals surface area contributed by atoms with Crippen molar-refractivity contribution in [2.45, 2.75) is 37.6 Å². The highest BCUT2D eigenvalue weighted by atomic mass is 35.5. The summed E-state index contributed by atoms with van der Waals surface area (Å²) in [7, 11) is 1.43. The SMILES string of the molecule is Cn1c(=O)c(=O)n(C2CCC(F)(F)CC2)c2nc(Cl)ncc21. The largest absolute Gasteiger partial charge is 0.318 e. The summed E-state index contributed by atoms with van der Waals surface area (Å²) in [5.41, 5.74) is -0.982. The number of alkyl halides is 2. The molecule has 2 heterocycles. The molecule has 118 valence electrons. The Morgan fingerprint density at radius 1 is 1.27 bits per heavy atom. The van der Waals surface area contributed by atoms with Crippen LogP contribution in [-0.4, -0.2) is 25.0 Å². The first kappa shape index (κ1) is 15.1. The van der Waals surface area contributed by atoms with Crippen LogP contribution in [0.5, 0.6) is 0 Å². The van der Waals surface area contributed by atoms with Crippen molar-refractivity contribution in [2.75, 3.05) is 0 Å². The van der Waals surface area contributed by atoms with Crippen molar-refractivity contribution >= 4 is 22.8 Å². The molecule has 0 spiro atoms. The molecule has 1 aliphatic carbocycles. The van der Waals surface area contributed by atoms with Crippen molar-refractivity contribution in [3.05, 3.63) is 32.2 Å². The van der Waals surface area contributed by atoms with Crippen LogP contribution in [0.4, 0.5) is 8.78 Å². The Kier molecular flexibility index (Phi) is 3.51. The summed E-state index contributed by atoms with van der Waals surface area (Å²) in [6.07, 6.45) is 0.923. The van der Waals surface area contributed by atoms with Gasteiger partial charge in [0.25, 0.3) is 0 Å². The first-order valence-corrected chi connectivity index (χ1v) is 7.19. The van der Waals surface area contributed by atoms with Gasteiger partial charge in [-0.25, -0.2) is 13.8 Å². The zero-order chi connectivity index (χ0) is 16.1. The van der Waals surface area contributed by atoms with Crippen LogP contribution < -0.4 is 11.1 Å². The highest BCUT2D eigenvalue weighted by Gasteiger charge is 2.36. The van der Waals surface area contributed by atoms with Crippen LogP contribution in [0.15, 0.2) is 15.8 Å². The molecular formula is C13H13ClF2N4O2. The van der Waals surface area contributed by atoms with Gasteiger partial charge >= 0.3 is 11.1 Å². The Bertz CT molecular complexity index is 851. The van der Waals surface area contributed by atoms with Gasteiger partial charge < -0.3 is 4.57 Å². The molecule has 1 aliphatic rings. The van der Waals surface area contributed by atoms with E-state index in [0.717, 1.165) is 4.57 Å². The standard InChI is InChI=1S/C13H13ClF2N4O2/c1-19-8-6-17-12(14)18-9(8)20(11(22)10(19)21)7-2-4-13(15,16)5-3-7/h6-7H,2-5H2,1H3. The fourth-order valence-corrected chi connectivity index (χ4v) is 2.96. The quantitative estimate of drug-likeness (QED) is 0.591. The van der Waals surface area contributed by atoms with Gasteiger partial charge in [0.05, 0.1) is 6.20 Å². The molecule has 2 aromatic heterocycles. The van der Waals surface area contributed by atoms with Crippen molar-refractivity contribution < 1.29 is 8.78 Å². The summed E-state index contributed by atoms with van der Waals surface area (Å²) in [5.74, 6) is -2.72. The Hall–Kier alpha value is -1.83.